The predicted molar refractivity (Wildman–Crippen MR) is 82.1 cm³/mol. The maximum absolute atomic E-state index is 13.1. The number of hydrogen-bond donors (Lipinski definition) is 0. The van der Waals surface area contributed by atoms with Crippen LogP contribution in [0.3, 0.4) is 0 Å². The van der Waals surface area contributed by atoms with Gasteiger partial charge in [0.1, 0.15) is 5.69 Å². The summed E-state index contributed by atoms with van der Waals surface area (Å²) in [5.41, 5.74) is -2.01. The molecule has 0 saturated heterocycles. The van der Waals surface area contributed by atoms with Crippen molar-refractivity contribution in [2.75, 3.05) is 7.11 Å². The molecule has 25 heavy (non-hydrogen) atoms. The smallest absolute Gasteiger partial charge is 0.432 e. The number of benzene rings is 1. The minimum atomic E-state index is -4.73. The van der Waals surface area contributed by atoms with Crippen LogP contribution in [-0.2, 0) is 10.9 Å². The molecule has 130 valence electrons. The number of aromatic nitrogens is 3. The van der Waals surface area contributed by atoms with E-state index in [4.69, 9.17) is 11.6 Å². The minimum absolute atomic E-state index is 0.0295. The zero-order valence-electron chi connectivity index (χ0n) is 12.5. The van der Waals surface area contributed by atoms with E-state index in [1.807, 2.05) is 0 Å². The van der Waals surface area contributed by atoms with Crippen LogP contribution in [0.5, 0.6) is 0 Å². The van der Waals surface area contributed by atoms with Crippen molar-refractivity contribution >= 4 is 23.3 Å². The molecule has 2 aromatic heterocycles. The molecule has 6 nitrogen and oxygen atoms in total. The van der Waals surface area contributed by atoms with Crippen LogP contribution in [0.1, 0.15) is 16.1 Å². The number of fused-ring (bicyclic) bond motifs is 1. The number of nitrogens with zero attached hydrogens (tertiary/aromatic N) is 3. The second kappa shape index (κ2) is 5.92. The van der Waals surface area contributed by atoms with Crippen molar-refractivity contribution in [2.24, 2.45) is 0 Å². The molecule has 3 rings (SSSR count). The molecule has 0 atom stereocenters. The van der Waals surface area contributed by atoms with Crippen LogP contribution >= 0.6 is 11.6 Å². The highest BCUT2D eigenvalue weighted by Crippen LogP contribution is 2.29. The summed E-state index contributed by atoms with van der Waals surface area (Å²) in [6.45, 7) is 0. The van der Waals surface area contributed by atoms with E-state index in [0.29, 0.717) is 6.07 Å². The van der Waals surface area contributed by atoms with Crippen LogP contribution in [0.25, 0.3) is 11.5 Å². The number of rotatable bonds is 2. The Morgan fingerprint density at radius 1 is 1.28 bits per heavy atom. The zero-order chi connectivity index (χ0) is 18.4. The SMILES string of the molecule is COC(=O)c1cc(-n2c(=O)cc(C(F)(F)F)n3ccnc23)ccc1Cl. The molecule has 0 aliphatic heterocycles. The number of esters is 1. The third-order valence-electron chi connectivity index (χ3n) is 3.47. The second-order valence-electron chi connectivity index (χ2n) is 4.95. The monoisotopic (exact) mass is 371 g/mol. The number of halogens is 4. The zero-order valence-corrected chi connectivity index (χ0v) is 13.3. The van der Waals surface area contributed by atoms with E-state index < -0.39 is 23.4 Å². The normalized spacial score (nSPS) is 11.7. The maximum Gasteiger partial charge on any atom is 0.432 e. The lowest BCUT2D eigenvalue weighted by Gasteiger charge is -2.14. The fraction of sp³-hybridized carbons (Fsp3) is 0.133. The van der Waals surface area contributed by atoms with Crippen molar-refractivity contribution in [2.45, 2.75) is 6.18 Å². The molecule has 0 aliphatic carbocycles. The van der Waals surface area contributed by atoms with Crippen LogP contribution < -0.4 is 5.56 Å². The third kappa shape index (κ3) is 2.86. The van der Waals surface area contributed by atoms with Gasteiger partial charge in [0, 0.05) is 18.5 Å². The van der Waals surface area contributed by atoms with Crippen LogP contribution in [0.2, 0.25) is 5.02 Å². The minimum Gasteiger partial charge on any atom is -0.465 e. The first-order valence-electron chi connectivity index (χ1n) is 6.78. The topological polar surface area (TPSA) is 65.6 Å². The van der Waals surface area contributed by atoms with Gasteiger partial charge in [-0.25, -0.2) is 14.3 Å². The first-order chi connectivity index (χ1) is 11.7. The first kappa shape index (κ1) is 17.0. The number of ether oxygens (including phenoxy) is 1. The average Bonchev–Trinajstić information content (AvgIpc) is 3.02. The van der Waals surface area contributed by atoms with Crippen LogP contribution in [0.15, 0.2) is 41.5 Å². The van der Waals surface area contributed by atoms with Crippen molar-refractivity contribution in [1.82, 2.24) is 14.0 Å². The molecule has 0 fully saturated rings. The molecule has 0 amide bonds. The van der Waals surface area contributed by atoms with Gasteiger partial charge in [0.2, 0.25) is 5.78 Å². The molecular weight excluding hydrogens is 363 g/mol. The molecule has 10 heteroatoms. The van der Waals surface area contributed by atoms with E-state index in [0.717, 1.165) is 28.5 Å². The summed E-state index contributed by atoms with van der Waals surface area (Å²) < 4.78 is 45.6. The molecule has 2 heterocycles. The quantitative estimate of drug-likeness (QED) is 0.650. The summed E-state index contributed by atoms with van der Waals surface area (Å²) in [4.78, 5) is 27.9. The van der Waals surface area contributed by atoms with E-state index >= 15 is 0 Å². The van der Waals surface area contributed by atoms with Crippen molar-refractivity contribution in [3.8, 4) is 5.69 Å². The van der Waals surface area contributed by atoms with Gasteiger partial charge in [-0.2, -0.15) is 13.2 Å². The highest BCUT2D eigenvalue weighted by atomic mass is 35.5. The molecule has 3 aromatic rings. The average molecular weight is 372 g/mol. The van der Waals surface area contributed by atoms with Gasteiger partial charge in [0.15, 0.2) is 0 Å². The van der Waals surface area contributed by atoms with E-state index in [9.17, 15) is 22.8 Å². The lowest BCUT2D eigenvalue weighted by atomic mass is 10.2. The summed E-state index contributed by atoms with van der Waals surface area (Å²) >= 11 is 5.92. The van der Waals surface area contributed by atoms with Gasteiger partial charge in [-0.05, 0) is 18.2 Å². The number of alkyl halides is 3. The molecule has 0 radical (unpaired) electrons. The van der Waals surface area contributed by atoms with Gasteiger partial charge >= 0.3 is 12.1 Å². The predicted octanol–water partition coefficient (Wildman–Crippen LogP) is 2.94. The Bertz CT molecular complexity index is 1040. The molecule has 0 bridgehead atoms. The van der Waals surface area contributed by atoms with Crippen molar-refractivity contribution < 1.29 is 22.7 Å². The van der Waals surface area contributed by atoms with Crippen LogP contribution in [-0.4, -0.2) is 27.0 Å². The molecule has 0 N–H and O–H groups in total. The van der Waals surface area contributed by atoms with Gasteiger partial charge in [-0.15, -0.1) is 0 Å². The van der Waals surface area contributed by atoms with Gasteiger partial charge in [0.25, 0.3) is 5.56 Å². The Balaban J connectivity index is 2.32. The van der Waals surface area contributed by atoms with E-state index in [1.165, 1.54) is 18.2 Å². The molecule has 0 aliphatic rings. The Hall–Kier alpha value is -2.81. The standard InChI is InChI=1S/C15H9ClF3N3O3/c1-25-13(24)9-6-8(2-3-10(9)16)22-12(23)7-11(15(17,18)19)21-5-4-20-14(21)22/h2-7H,1H3. The Labute approximate surface area is 143 Å². The van der Waals surface area contributed by atoms with Gasteiger partial charge in [-0.1, -0.05) is 11.6 Å². The van der Waals surface area contributed by atoms with Crippen LogP contribution in [0.4, 0.5) is 13.2 Å². The maximum atomic E-state index is 13.1. The summed E-state index contributed by atoms with van der Waals surface area (Å²) in [5.74, 6) is -0.996. The molecular formula is C15H9ClF3N3O3. The van der Waals surface area contributed by atoms with Crippen LogP contribution in [0, 0.1) is 0 Å². The molecule has 1 aromatic carbocycles. The summed E-state index contributed by atoms with van der Waals surface area (Å²) in [5, 5.41) is 0.0786. The van der Waals surface area contributed by atoms with Gasteiger partial charge < -0.3 is 4.74 Å². The highest BCUT2D eigenvalue weighted by molar-refractivity contribution is 6.33. The van der Waals surface area contributed by atoms with Gasteiger partial charge in [0.05, 0.1) is 23.4 Å². The fourth-order valence-electron chi connectivity index (χ4n) is 2.38. The van der Waals surface area contributed by atoms with Crippen molar-refractivity contribution in [1.29, 1.82) is 0 Å². The second-order valence-corrected chi connectivity index (χ2v) is 5.36. The highest BCUT2D eigenvalue weighted by Gasteiger charge is 2.35. The summed E-state index contributed by atoms with van der Waals surface area (Å²) in [7, 11) is 1.16. The fourth-order valence-corrected chi connectivity index (χ4v) is 2.57. The third-order valence-corrected chi connectivity index (χ3v) is 3.79. The lowest BCUT2D eigenvalue weighted by Crippen LogP contribution is -2.25. The Morgan fingerprint density at radius 3 is 2.64 bits per heavy atom. The summed E-state index contributed by atoms with van der Waals surface area (Å²) in [6.07, 6.45) is -2.50. The van der Waals surface area contributed by atoms with E-state index in [2.05, 4.69) is 9.72 Å². The van der Waals surface area contributed by atoms with E-state index in [1.54, 1.807) is 0 Å². The first-order valence-corrected chi connectivity index (χ1v) is 7.16. The largest absolute Gasteiger partial charge is 0.465 e. The number of carbonyl (C=O) groups is 1. The molecule has 0 unspecified atom stereocenters. The number of hydrogen-bond acceptors (Lipinski definition) is 4. The molecule has 0 spiro atoms. The molecule has 0 saturated carbocycles. The number of imidazole rings is 1. The van der Waals surface area contributed by atoms with E-state index in [-0.39, 0.29) is 22.1 Å². The van der Waals surface area contributed by atoms with Gasteiger partial charge in [-0.3, -0.25) is 9.20 Å². The van der Waals surface area contributed by atoms with Crippen molar-refractivity contribution in [3.63, 3.8) is 0 Å². The summed E-state index contributed by atoms with van der Waals surface area (Å²) in [6, 6.07) is 4.43. The van der Waals surface area contributed by atoms with Crippen molar-refractivity contribution in [3.05, 3.63) is 63.3 Å². The Morgan fingerprint density at radius 2 is 2.00 bits per heavy atom. The Kier molecular flexibility index (Phi) is 4.03. The number of carbonyl (C=O) groups excluding carboxylic acids is 1. The lowest BCUT2D eigenvalue weighted by molar-refractivity contribution is -0.142. The number of methoxy groups -OCH3 is 1.